The van der Waals surface area contributed by atoms with E-state index in [-0.39, 0.29) is 6.61 Å². The maximum Gasteiger partial charge on any atom is 0.0468 e. The Morgan fingerprint density at radius 3 is 2.76 bits per heavy atom. The lowest BCUT2D eigenvalue weighted by molar-refractivity contribution is 0.231. The molecule has 2 unspecified atom stereocenters. The highest BCUT2D eigenvalue weighted by Crippen LogP contribution is 2.29. The van der Waals surface area contributed by atoms with Crippen molar-refractivity contribution in [3.05, 3.63) is 35.2 Å². The SMILES string of the molecule is CC(CO)CNC(C)c1cc2ccccc2s1. The fourth-order valence-corrected chi connectivity index (χ4v) is 2.85. The van der Waals surface area contributed by atoms with Gasteiger partial charge in [0, 0.05) is 28.8 Å². The molecule has 2 nitrogen and oxygen atoms in total. The lowest BCUT2D eigenvalue weighted by atomic mass is 10.1. The van der Waals surface area contributed by atoms with E-state index in [1.807, 2.05) is 18.3 Å². The van der Waals surface area contributed by atoms with Gasteiger partial charge in [0.1, 0.15) is 0 Å². The quantitative estimate of drug-likeness (QED) is 0.853. The number of hydrogen-bond acceptors (Lipinski definition) is 3. The van der Waals surface area contributed by atoms with E-state index in [1.54, 1.807) is 0 Å². The Morgan fingerprint density at radius 2 is 2.06 bits per heavy atom. The van der Waals surface area contributed by atoms with E-state index < -0.39 is 0 Å². The van der Waals surface area contributed by atoms with Gasteiger partial charge in [-0.2, -0.15) is 0 Å². The van der Waals surface area contributed by atoms with E-state index in [0.29, 0.717) is 12.0 Å². The van der Waals surface area contributed by atoms with E-state index in [1.165, 1.54) is 15.0 Å². The van der Waals surface area contributed by atoms with Gasteiger partial charge in [0.2, 0.25) is 0 Å². The second kappa shape index (κ2) is 5.63. The third-order valence-electron chi connectivity index (χ3n) is 2.96. The van der Waals surface area contributed by atoms with Crippen LogP contribution in [0.25, 0.3) is 10.1 Å². The summed E-state index contributed by atoms with van der Waals surface area (Å²) in [5, 5.41) is 13.8. The van der Waals surface area contributed by atoms with Gasteiger partial charge < -0.3 is 10.4 Å². The first-order valence-electron chi connectivity index (χ1n) is 6.03. The first-order valence-corrected chi connectivity index (χ1v) is 6.85. The molecule has 0 bridgehead atoms. The first kappa shape index (κ1) is 12.6. The van der Waals surface area contributed by atoms with E-state index in [0.717, 1.165) is 6.54 Å². The first-order chi connectivity index (χ1) is 8.20. The highest BCUT2D eigenvalue weighted by atomic mass is 32.1. The second-order valence-corrected chi connectivity index (χ2v) is 5.72. The van der Waals surface area contributed by atoms with Gasteiger partial charge in [-0.3, -0.25) is 0 Å². The molecule has 2 rings (SSSR count). The van der Waals surface area contributed by atoms with Crippen LogP contribution in [-0.4, -0.2) is 18.3 Å². The molecule has 0 radical (unpaired) electrons. The molecule has 92 valence electrons. The minimum atomic E-state index is 0.242. The molecule has 2 N–H and O–H groups in total. The number of aliphatic hydroxyl groups excluding tert-OH is 1. The van der Waals surface area contributed by atoms with Gasteiger partial charge >= 0.3 is 0 Å². The zero-order chi connectivity index (χ0) is 12.3. The number of fused-ring (bicyclic) bond motifs is 1. The summed E-state index contributed by atoms with van der Waals surface area (Å²) in [4.78, 5) is 1.36. The highest BCUT2D eigenvalue weighted by Gasteiger charge is 2.10. The van der Waals surface area contributed by atoms with E-state index in [2.05, 4.69) is 42.6 Å². The number of benzene rings is 1. The van der Waals surface area contributed by atoms with Crippen LogP contribution in [0.4, 0.5) is 0 Å². The molecule has 0 amide bonds. The van der Waals surface area contributed by atoms with Crippen molar-refractivity contribution < 1.29 is 5.11 Å². The Labute approximate surface area is 106 Å². The molecule has 1 aromatic carbocycles. The number of nitrogens with one attached hydrogen (secondary N) is 1. The standard InChI is InChI=1S/C14H19NOS/c1-10(9-16)8-15-11(2)14-7-12-5-3-4-6-13(12)17-14/h3-7,10-11,15-16H,8-9H2,1-2H3. The fourth-order valence-electron chi connectivity index (χ4n) is 1.76. The molecular formula is C14H19NOS. The van der Waals surface area contributed by atoms with E-state index in [9.17, 15) is 0 Å². The van der Waals surface area contributed by atoms with Crippen molar-refractivity contribution >= 4 is 21.4 Å². The van der Waals surface area contributed by atoms with Gasteiger partial charge in [0.25, 0.3) is 0 Å². The van der Waals surface area contributed by atoms with Gasteiger partial charge in [-0.1, -0.05) is 25.1 Å². The molecule has 3 heteroatoms. The third-order valence-corrected chi connectivity index (χ3v) is 4.25. The van der Waals surface area contributed by atoms with Crippen LogP contribution in [0.15, 0.2) is 30.3 Å². The zero-order valence-corrected chi connectivity index (χ0v) is 11.1. The molecule has 0 aliphatic heterocycles. The van der Waals surface area contributed by atoms with Gasteiger partial charge in [0.05, 0.1) is 0 Å². The number of rotatable bonds is 5. The lowest BCUT2D eigenvalue weighted by Crippen LogP contribution is -2.25. The summed E-state index contributed by atoms with van der Waals surface area (Å²) in [7, 11) is 0. The molecule has 0 spiro atoms. The topological polar surface area (TPSA) is 32.3 Å². The highest BCUT2D eigenvalue weighted by molar-refractivity contribution is 7.19. The smallest absolute Gasteiger partial charge is 0.0468 e. The van der Waals surface area contributed by atoms with Gasteiger partial charge in [-0.05, 0) is 30.4 Å². The second-order valence-electron chi connectivity index (χ2n) is 4.60. The monoisotopic (exact) mass is 249 g/mol. The van der Waals surface area contributed by atoms with Crippen LogP contribution in [-0.2, 0) is 0 Å². The molecule has 0 aliphatic rings. The predicted molar refractivity (Wildman–Crippen MR) is 74.5 cm³/mol. The molecular weight excluding hydrogens is 230 g/mol. The van der Waals surface area contributed by atoms with E-state index in [4.69, 9.17) is 5.11 Å². The number of aliphatic hydroxyl groups is 1. The van der Waals surface area contributed by atoms with Crippen LogP contribution in [0, 0.1) is 5.92 Å². The van der Waals surface area contributed by atoms with Crippen molar-refractivity contribution in [2.75, 3.05) is 13.2 Å². The Balaban J connectivity index is 2.06. The summed E-state index contributed by atoms with van der Waals surface area (Å²) in [5.74, 6) is 0.312. The Bertz CT molecular complexity index is 447. The molecule has 0 saturated heterocycles. The van der Waals surface area contributed by atoms with Crippen LogP contribution in [0.2, 0.25) is 0 Å². The van der Waals surface area contributed by atoms with Gasteiger partial charge in [-0.15, -0.1) is 11.3 Å². The van der Waals surface area contributed by atoms with Crippen molar-refractivity contribution in [3.8, 4) is 0 Å². The molecule has 2 atom stereocenters. The van der Waals surface area contributed by atoms with Crippen LogP contribution >= 0.6 is 11.3 Å². The van der Waals surface area contributed by atoms with Gasteiger partial charge in [0.15, 0.2) is 0 Å². The van der Waals surface area contributed by atoms with Gasteiger partial charge in [-0.25, -0.2) is 0 Å². The lowest BCUT2D eigenvalue weighted by Gasteiger charge is -2.14. The Morgan fingerprint density at radius 1 is 1.29 bits per heavy atom. The van der Waals surface area contributed by atoms with Crippen LogP contribution in [0.5, 0.6) is 0 Å². The Hall–Kier alpha value is -0.900. The summed E-state index contributed by atoms with van der Waals surface area (Å²) in [6.45, 7) is 5.32. The maximum atomic E-state index is 9.00. The molecule has 1 heterocycles. The average Bonchev–Trinajstić information content (AvgIpc) is 2.79. The summed E-state index contributed by atoms with van der Waals surface area (Å²) < 4.78 is 1.34. The molecule has 0 saturated carbocycles. The van der Waals surface area contributed by atoms with Crippen molar-refractivity contribution in [1.82, 2.24) is 5.32 Å². The molecule has 2 aromatic rings. The zero-order valence-electron chi connectivity index (χ0n) is 10.3. The summed E-state index contributed by atoms with van der Waals surface area (Å²) in [6.07, 6.45) is 0. The van der Waals surface area contributed by atoms with Crippen molar-refractivity contribution in [2.45, 2.75) is 19.9 Å². The average molecular weight is 249 g/mol. The van der Waals surface area contributed by atoms with Crippen molar-refractivity contribution in [2.24, 2.45) is 5.92 Å². The van der Waals surface area contributed by atoms with Crippen LogP contribution < -0.4 is 5.32 Å². The number of hydrogen-bond donors (Lipinski definition) is 2. The van der Waals surface area contributed by atoms with E-state index >= 15 is 0 Å². The molecule has 0 fully saturated rings. The van der Waals surface area contributed by atoms with Crippen LogP contribution in [0.1, 0.15) is 24.8 Å². The molecule has 0 aliphatic carbocycles. The van der Waals surface area contributed by atoms with Crippen molar-refractivity contribution in [3.63, 3.8) is 0 Å². The third kappa shape index (κ3) is 3.06. The minimum absolute atomic E-state index is 0.242. The molecule has 1 aromatic heterocycles. The van der Waals surface area contributed by atoms with Crippen molar-refractivity contribution in [1.29, 1.82) is 0 Å². The molecule has 17 heavy (non-hydrogen) atoms. The fraction of sp³-hybridized carbons (Fsp3) is 0.429. The normalized spacial score (nSPS) is 15.0. The minimum Gasteiger partial charge on any atom is -0.396 e. The number of thiophene rings is 1. The summed E-state index contributed by atoms with van der Waals surface area (Å²) >= 11 is 1.84. The summed E-state index contributed by atoms with van der Waals surface area (Å²) in [6, 6.07) is 11.1. The van der Waals surface area contributed by atoms with Crippen LogP contribution in [0.3, 0.4) is 0 Å². The largest absolute Gasteiger partial charge is 0.396 e. The predicted octanol–water partition coefficient (Wildman–Crippen LogP) is 3.18. The Kier molecular flexibility index (Phi) is 4.15. The maximum absolute atomic E-state index is 9.00. The summed E-state index contributed by atoms with van der Waals surface area (Å²) in [5.41, 5.74) is 0.